The molecule has 0 bridgehead atoms. The molecule has 5 heteroatoms. The molecule has 3 aromatic rings. The first-order chi connectivity index (χ1) is 18.6. The van der Waals surface area contributed by atoms with E-state index in [-0.39, 0.29) is 11.0 Å². The van der Waals surface area contributed by atoms with E-state index < -0.39 is 0 Å². The minimum absolute atomic E-state index is 0.0683. The molecule has 1 saturated heterocycles. The van der Waals surface area contributed by atoms with Gasteiger partial charge in [0.05, 0.1) is 0 Å². The average molecular weight is 526 g/mol. The van der Waals surface area contributed by atoms with Gasteiger partial charge < -0.3 is 14.2 Å². The van der Waals surface area contributed by atoms with Crippen LogP contribution in [0.4, 0.5) is 5.82 Å². The molecule has 0 radical (unpaired) electrons. The summed E-state index contributed by atoms with van der Waals surface area (Å²) in [6.45, 7) is 23.3. The van der Waals surface area contributed by atoms with Gasteiger partial charge in [0.1, 0.15) is 11.4 Å². The summed E-state index contributed by atoms with van der Waals surface area (Å²) < 4.78 is 5.83. The van der Waals surface area contributed by atoms with Crippen molar-refractivity contribution in [3.63, 3.8) is 0 Å². The zero-order valence-corrected chi connectivity index (χ0v) is 24.3. The molecule has 1 aliphatic rings. The van der Waals surface area contributed by atoms with Crippen LogP contribution in [0.15, 0.2) is 70.7 Å². The van der Waals surface area contributed by atoms with Crippen LogP contribution in [0, 0.1) is 12.3 Å². The van der Waals surface area contributed by atoms with Crippen LogP contribution in [0.3, 0.4) is 0 Å². The van der Waals surface area contributed by atoms with Gasteiger partial charge in [-0.2, -0.15) is 0 Å². The van der Waals surface area contributed by atoms with Crippen LogP contribution in [-0.4, -0.2) is 36.1 Å². The molecule has 0 atom stereocenters. The third-order valence-electron chi connectivity index (χ3n) is 7.58. The molecule has 1 aliphatic heterocycles. The SMILES string of the molecule is C=C(CC)c1cc(/C=C\C(C)(C)C)c(C)c2c(CCCC(=C)N3CCN(c4ccccn4)CC3)cc(=O)oc12. The molecule has 206 valence electrons. The lowest BCUT2D eigenvalue weighted by Gasteiger charge is -2.37. The second-order valence-corrected chi connectivity index (χ2v) is 11.7. The van der Waals surface area contributed by atoms with Gasteiger partial charge in [-0.15, -0.1) is 0 Å². The lowest BCUT2D eigenvalue weighted by Crippen LogP contribution is -2.46. The summed E-state index contributed by atoms with van der Waals surface area (Å²) in [6.07, 6.45) is 9.67. The Morgan fingerprint density at radius 1 is 1.13 bits per heavy atom. The van der Waals surface area contributed by atoms with E-state index in [0.717, 1.165) is 96.6 Å². The first kappa shape index (κ1) is 28.4. The highest BCUT2D eigenvalue weighted by atomic mass is 16.4. The van der Waals surface area contributed by atoms with Gasteiger partial charge in [0.2, 0.25) is 0 Å². The maximum atomic E-state index is 12.7. The molecular formula is C34H43N3O2. The van der Waals surface area contributed by atoms with Gasteiger partial charge in [0.25, 0.3) is 0 Å². The van der Waals surface area contributed by atoms with Gasteiger partial charge in [0.15, 0.2) is 0 Å². The Morgan fingerprint density at radius 3 is 2.51 bits per heavy atom. The second kappa shape index (κ2) is 12.1. The van der Waals surface area contributed by atoms with Crippen molar-refractivity contribution < 1.29 is 4.42 Å². The van der Waals surface area contributed by atoms with E-state index in [9.17, 15) is 4.79 Å². The predicted octanol–water partition coefficient (Wildman–Crippen LogP) is 7.64. The highest BCUT2D eigenvalue weighted by Gasteiger charge is 2.20. The van der Waals surface area contributed by atoms with E-state index in [1.165, 1.54) is 0 Å². The van der Waals surface area contributed by atoms with Crippen molar-refractivity contribution in [2.45, 2.75) is 60.3 Å². The molecular weight excluding hydrogens is 482 g/mol. The minimum Gasteiger partial charge on any atom is -0.422 e. The molecule has 5 nitrogen and oxygen atoms in total. The van der Waals surface area contributed by atoms with Gasteiger partial charge in [-0.3, -0.25) is 0 Å². The summed E-state index contributed by atoms with van der Waals surface area (Å²) >= 11 is 0. The smallest absolute Gasteiger partial charge is 0.336 e. The van der Waals surface area contributed by atoms with Gasteiger partial charge in [-0.05, 0) is 78.5 Å². The number of aryl methyl sites for hydroxylation is 2. The Balaban J connectivity index is 1.52. The number of fused-ring (bicyclic) bond motifs is 1. The van der Waals surface area contributed by atoms with Crippen molar-refractivity contribution in [2.24, 2.45) is 5.41 Å². The highest BCUT2D eigenvalue weighted by Crippen LogP contribution is 2.34. The summed E-state index contributed by atoms with van der Waals surface area (Å²) in [5, 5.41) is 1.05. The van der Waals surface area contributed by atoms with Crippen molar-refractivity contribution in [2.75, 3.05) is 31.1 Å². The second-order valence-electron chi connectivity index (χ2n) is 11.7. The van der Waals surface area contributed by atoms with Crippen LogP contribution >= 0.6 is 0 Å². The molecule has 0 aliphatic carbocycles. The van der Waals surface area contributed by atoms with Gasteiger partial charge >= 0.3 is 5.63 Å². The van der Waals surface area contributed by atoms with E-state index in [1.807, 2.05) is 18.3 Å². The van der Waals surface area contributed by atoms with E-state index in [2.05, 4.69) is 86.8 Å². The van der Waals surface area contributed by atoms with Crippen LogP contribution in [0.5, 0.6) is 0 Å². The fourth-order valence-electron chi connectivity index (χ4n) is 5.21. The number of hydrogen-bond donors (Lipinski definition) is 0. The third kappa shape index (κ3) is 6.89. The fourth-order valence-corrected chi connectivity index (χ4v) is 5.21. The largest absolute Gasteiger partial charge is 0.422 e. The Kier molecular flexibility index (Phi) is 8.79. The number of aromatic nitrogens is 1. The lowest BCUT2D eigenvalue weighted by molar-refractivity contribution is 0.310. The third-order valence-corrected chi connectivity index (χ3v) is 7.58. The monoisotopic (exact) mass is 525 g/mol. The predicted molar refractivity (Wildman–Crippen MR) is 165 cm³/mol. The number of pyridine rings is 1. The number of anilines is 1. The Hall–Kier alpha value is -3.60. The molecule has 1 aromatic carbocycles. The molecule has 2 aromatic heterocycles. The van der Waals surface area contributed by atoms with Crippen LogP contribution in [-0.2, 0) is 6.42 Å². The van der Waals surface area contributed by atoms with Crippen LogP contribution < -0.4 is 10.5 Å². The Labute approximate surface area is 233 Å². The summed E-state index contributed by atoms with van der Waals surface area (Å²) in [6, 6.07) is 9.87. The maximum absolute atomic E-state index is 12.7. The number of hydrogen-bond acceptors (Lipinski definition) is 5. The van der Waals surface area contributed by atoms with Crippen molar-refractivity contribution in [1.82, 2.24) is 9.88 Å². The van der Waals surface area contributed by atoms with Gasteiger partial charge in [-0.1, -0.05) is 59.1 Å². The van der Waals surface area contributed by atoms with Crippen LogP contribution in [0.2, 0.25) is 0 Å². The quantitative estimate of drug-likeness (QED) is 0.269. The minimum atomic E-state index is -0.301. The van der Waals surface area contributed by atoms with Crippen LogP contribution in [0.1, 0.15) is 69.2 Å². The highest BCUT2D eigenvalue weighted by molar-refractivity contribution is 5.95. The molecule has 0 saturated carbocycles. The molecule has 0 amide bonds. The van der Waals surface area contributed by atoms with E-state index >= 15 is 0 Å². The number of rotatable bonds is 9. The lowest BCUT2D eigenvalue weighted by atomic mass is 9.89. The average Bonchev–Trinajstić information content (AvgIpc) is 2.92. The number of allylic oxidation sites excluding steroid dienone is 3. The number of piperazine rings is 1. The van der Waals surface area contributed by atoms with Crippen molar-refractivity contribution in [1.29, 1.82) is 0 Å². The summed E-state index contributed by atoms with van der Waals surface area (Å²) in [5.74, 6) is 1.04. The first-order valence-corrected chi connectivity index (χ1v) is 14.1. The van der Waals surface area contributed by atoms with Crippen LogP contribution in [0.25, 0.3) is 22.6 Å². The van der Waals surface area contributed by atoms with Crippen molar-refractivity contribution >= 4 is 28.4 Å². The van der Waals surface area contributed by atoms with Crippen molar-refractivity contribution in [3.8, 4) is 0 Å². The summed E-state index contributed by atoms with van der Waals surface area (Å²) in [5.41, 5.74) is 6.83. The fraction of sp³-hybridized carbons (Fsp3) is 0.412. The van der Waals surface area contributed by atoms with Gasteiger partial charge in [0, 0.05) is 55.1 Å². The van der Waals surface area contributed by atoms with Crippen molar-refractivity contribution in [3.05, 3.63) is 94.1 Å². The molecule has 0 spiro atoms. The standard InChI is InChI=1S/C34H43N3O2/c1-8-24(2)29-22-27(15-16-34(5,6)7)26(4)32-28(23-31(38)39-33(29)32)13-11-12-25(3)36-18-20-37(21-19-36)30-14-9-10-17-35-30/h9-10,14-17,22-23H,2-3,8,11-13,18-21H2,1,4-7H3/b16-15-. The van der Waals surface area contributed by atoms with Gasteiger partial charge in [-0.25, -0.2) is 9.78 Å². The molecule has 4 rings (SSSR count). The van der Waals surface area contributed by atoms with E-state index in [4.69, 9.17) is 4.42 Å². The van der Waals surface area contributed by atoms with E-state index in [1.54, 1.807) is 6.07 Å². The Morgan fingerprint density at radius 2 is 1.87 bits per heavy atom. The summed E-state index contributed by atoms with van der Waals surface area (Å²) in [4.78, 5) is 21.9. The first-order valence-electron chi connectivity index (χ1n) is 14.1. The molecule has 0 unspecified atom stereocenters. The maximum Gasteiger partial charge on any atom is 0.336 e. The number of benzene rings is 1. The molecule has 0 N–H and O–H groups in total. The zero-order chi connectivity index (χ0) is 28.2. The topological polar surface area (TPSA) is 49.6 Å². The number of nitrogens with zero attached hydrogens (tertiary/aromatic N) is 3. The summed E-state index contributed by atoms with van der Waals surface area (Å²) in [7, 11) is 0. The zero-order valence-electron chi connectivity index (χ0n) is 24.3. The normalized spacial score (nSPS) is 14.4. The Bertz CT molecular complexity index is 1420. The van der Waals surface area contributed by atoms with E-state index in [0.29, 0.717) is 5.58 Å². The molecule has 39 heavy (non-hydrogen) atoms. The molecule has 3 heterocycles. The molecule has 1 fully saturated rings.